The van der Waals surface area contributed by atoms with Crippen LogP contribution in [0.3, 0.4) is 0 Å². The third kappa shape index (κ3) is 3.63. The van der Waals surface area contributed by atoms with Crippen molar-refractivity contribution in [3.8, 4) is 0 Å². The van der Waals surface area contributed by atoms with Crippen LogP contribution in [-0.4, -0.2) is 22.8 Å². The van der Waals surface area contributed by atoms with Crippen molar-refractivity contribution in [2.75, 3.05) is 11.9 Å². The first-order chi connectivity index (χ1) is 8.72. The summed E-state index contributed by atoms with van der Waals surface area (Å²) in [5, 5.41) is 2.63. The van der Waals surface area contributed by atoms with Crippen molar-refractivity contribution < 1.29 is 0 Å². The summed E-state index contributed by atoms with van der Waals surface area (Å²) in [6, 6.07) is 6.41. The van der Waals surface area contributed by atoms with Gasteiger partial charge in [0.2, 0.25) is 0 Å². The lowest BCUT2D eigenvalue weighted by Gasteiger charge is -2.36. The van der Waals surface area contributed by atoms with Gasteiger partial charge in [-0.05, 0) is 37.9 Å². The summed E-state index contributed by atoms with van der Waals surface area (Å²) in [5.41, 5.74) is 1.07. The number of piperidine rings is 1. The Balaban J connectivity index is 2.11. The second kappa shape index (κ2) is 7.14. The molecule has 2 rings (SSSR count). The molecule has 0 spiro atoms. The minimum Gasteiger partial charge on any atom is -0.296 e. The van der Waals surface area contributed by atoms with E-state index < -0.39 is 0 Å². The van der Waals surface area contributed by atoms with Gasteiger partial charge in [0.15, 0.2) is 0 Å². The Labute approximate surface area is 128 Å². The van der Waals surface area contributed by atoms with Crippen molar-refractivity contribution >= 4 is 39.1 Å². The molecule has 0 amide bonds. The normalized spacial score (nSPS) is 21.2. The van der Waals surface area contributed by atoms with Crippen LogP contribution in [0.4, 0.5) is 0 Å². The third-order valence-electron chi connectivity index (χ3n) is 3.61. The minimum absolute atomic E-state index is 0.658. The van der Waals surface area contributed by atoms with E-state index in [1.165, 1.54) is 25.7 Å². The van der Waals surface area contributed by atoms with Crippen LogP contribution in [-0.2, 0) is 6.54 Å². The zero-order chi connectivity index (χ0) is 13.0. The molecule has 1 saturated heterocycles. The van der Waals surface area contributed by atoms with Crippen LogP contribution in [0.2, 0.25) is 10.0 Å². The van der Waals surface area contributed by atoms with Gasteiger partial charge in [-0.1, -0.05) is 51.6 Å². The van der Waals surface area contributed by atoms with Crippen LogP contribution in [0.1, 0.15) is 31.2 Å². The van der Waals surface area contributed by atoms with E-state index >= 15 is 0 Å². The first kappa shape index (κ1) is 14.6. The maximum atomic E-state index is 6.25. The van der Waals surface area contributed by atoms with Crippen LogP contribution in [0.5, 0.6) is 0 Å². The molecule has 1 unspecified atom stereocenters. The lowest BCUT2D eigenvalue weighted by molar-refractivity contribution is 0.137. The number of benzene rings is 1. The molecule has 0 aliphatic carbocycles. The van der Waals surface area contributed by atoms with Gasteiger partial charge in [-0.2, -0.15) is 0 Å². The topological polar surface area (TPSA) is 3.24 Å². The maximum absolute atomic E-state index is 6.25. The molecule has 0 radical (unpaired) electrons. The molecular weight excluding hydrogens is 333 g/mol. The number of rotatable bonds is 4. The Kier molecular flexibility index (Phi) is 5.81. The van der Waals surface area contributed by atoms with Gasteiger partial charge in [-0.15, -0.1) is 0 Å². The number of nitrogens with zero attached hydrogens (tertiary/aromatic N) is 1. The zero-order valence-corrected chi connectivity index (χ0v) is 13.4. The van der Waals surface area contributed by atoms with E-state index in [-0.39, 0.29) is 0 Å². The summed E-state index contributed by atoms with van der Waals surface area (Å²) in [5.74, 6) is 0. The number of halogens is 3. The molecule has 0 aromatic heterocycles. The first-order valence-electron chi connectivity index (χ1n) is 6.45. The molecule has 1 atom stereocenters. The zero-order valence-electron chi connectivity index (χ0n) is 10.3. The Morgan fingerprint density at radius 3 is 2.61 bits per heavy atom. The molecular formula is C14H18BrCl2N. The fourth-order valence-corrected chi connectivity index (χ4v) is 3.65. The van der Waals surface area contributed by atoms with Crippen molar-refractivity contribution in [3.05, 3.63) is 33.8 Å². The predicted octanol–water partition coefficient (Wildman–Crippen LogP) is 5.13. The minimum atomic E-state index is 0.658. The highest BCUT2D eigenvalue weighted by Crippen LogP contribution is 2.29. The van der Waals surface area contributed by atoms with Crippen molar-refractivity contribution in [3.63, 3.8) is 0 Å². The van der Waals surface area contributed by atoms with Crippen LogP contribution in [0.25, 0.3) is 0 Å². The Bertz CT molecular complexity index is 375. The standard InChI is InChI=1S/C14H18BrCl2N/c15-8-7-11-4-1-2-9-18(11)10-12-13(16)5-3-6-14(12)17/h3,5-6,11H,1-2,4,7-10H2. The highest BCUT2D eigenvalue weighted by molar-refractivity contribution is 9.09. The lowest BCUT2D eigenvalue weighted by Crippen LogP contribution is -2.39. The summed E-state index contributed by atoms with van der Waals surface area (Å²) in [4.78, 5) is 2.53. The molecule has 1 aliphatic heterocycles. The van der Waals surface area contributed by atoms with Crippen LogP contribution in [0.15, 0.2) is 18.2 Å². The lowest BCUT2D eigenvalue weighted by atomic mass is 9.99. The molecule has 0 N–H and O–H groups in total. The van der Waals surface area contributed by atoms with E-state index in [0.29, 0.717) is 6.04 Å². The first-order valence-corrected chi connectivity index (χ1v) is 8.33. The molecule has 1 heterocycles. The Hall–Kier alpha value is 0.240. The van der Waals surface area contributed by atoms with E-state index in [0.717, 1.165) is 34.0 Å². The third-order valence-corrected chi connectivity index (χ3v) is 4.78. The van der Waals surface area contributed by atoms with E-state index in [9.17, 15) is 0 Å². The predicted molar refractivity (Wildman–Crippen MR) is 82.9 cm³/mol. The molecule has 1 aromatic carbocycles. The highest BCUT2D eigenvalue weighted by atomic mass is 79.9. The van der Waals surface area contributed by atoms with Crippen molar-refractivity contribution in [1.82, 2.24) is 4.90 Å². The molecule has 1 fully saturated rings. The van der Waals surface area contributed by atoms with Gasteiger partial charge in [0.05, 0.1) is 0 Å². The van der Waals surface area contributed by atoms with Gasteiger partial charge in [0, 0.05) is 33.5 Å². The Morgan fingerprint density at radius 1 is 1.22 bits per heavy atom. The quantitative estimate of drug-likeness (QED) is 0.680. The fourth-order valence-electron chi connectivity index (χ4n) is 2.61. The molecule has 0 bridgehead atoms. The Morgan fingerprint density at radius 2 is 1.94 bits per heavy atom. The van der Waals surface area contributed by atoms with E-state index in [2.05, 4.69) is 20.8 Å². The molecule has 4 heteroatoms. The molecule has 1 aromatic rings. The second-order valence-corrected chi connectivity index (χ2v) is 6.41. The van der Waals surface area contributed by atoms with Crippen molar-refractivity contribution in [1.29, 1.82) is 0 Å². The molecule has 1 nitrogen and oxygen atoms in total. The molecule has 1 aliphatic rings. The average molecular weight is 351 g/mol. The molecule has 18 heavy (non-hydrogen) atoms. The van der Waals surface area contributed by atoms with E-state index in [1.807, 2.05) is 18.2 Å². The number of hydrogen-bond donors (Lipinski definition) is 0. The smallest absolute Gasteiger partial charge is 0.0465 e. The highest BCUT2D eigenvalue weighted by Gasteiger charge is 2.23. The van der Waals surface area contributed by atoms with E-state index in [4.69, 9.17) is 23.2 Å². The van der Waals surface area contributed by atoms with Gasteiger partial charge in [0.1, 0.15) is 0 Å². The van der Waals surface area contributed by atoms with Gasteiger partial charge < -0.3 is 0 Å². The van der Waals surface area contributed by atoms with Gasteiger partial charge in [0.25, 0.3) is 0 Å². The van der Waals surface area contributed by atoms with Gasteiger partial charge in [-0.25, -0.2) is 0 Å². The number of hydrogen-bond acceptors (Lipinski definition) is 1. The summed E-state index contributed by atoms with van der Waals surface area (Å²) in [6.45, 7) is 2.02. The summed E-state index contributed by atoms with van der Waals surface area (Å²) in [6.07, 6.45) is 5.10. The molecule has 100 valence electrons. The van der Waals surface area contributed by atoms with Gasteiger partial charge >= 0.3 is 0 Å². The van der Waals surface area contributed by atoms with Crippen molar-refractivity contribution in [2.45, 2.75) is 38.3 Å². The summed E-state index contributed by atoms with van der Waals surface area (Å²) >= 11 is 16.1. The summed E-state index contributed by atoms with van der Waals surface area (Å²) in [7, 11) is 0. The van der Waals surface area contributed by atoms with Crippen LogP contribution < -0.4 is 0 Å². The molecule has 0 saturated carbocycles. The van der Waals surface area contributed by atoms with Crippen LogP contribution in [0, 0.1) is 0 Å². The van der Waals surface area contributed by atoms with Gasteiger partial charge in [-0.3, -0.25) is 4.90 Å². The fraction of sp³-hybridized carbons (Fsp3) is 0.571. The summed E-state index contributed by atoms with van der Waals surface area (Å²) < 4.78 is 0. The number of likely N-dealkylation sites (tertiary alicyclic amines) is 1. The SMILES string of the molecule is Clc1cccc(Cl)c1CN1CCCCC1CCBr. The number of alkyl halides is 1. The second-order valence-electron chi connectivity index (χ2n) is 4.80. The monoisotopic (exact) mass is 349 g/mol. The van der Waals surface area contributed by atoms with Crippen molar-refractivity contribution in [2.24, 2.45) is 0 Å². The average Bonchev–Trinajstić information content (AvgIpc) is 2.36. The largest absolute Gasteiger partial charge is 0.296 e. The van der Waals surface area contributed by atoms with E-state index in [1.54, 1.807) is 0 Å². The maximum Gasteiger partial charge on any atom is 0.0465 e. The van der Waals surface area contributed by atoms with Crippen LogP contribution >= 0.6 is 39.1 Å².